The number of aromatic nitrogens is 2. The summed E-state index contributed by atoms with van der Waals surface area (Å²) in [7, 11) is 0. The Hall–Kier alpha value is -2.41. The van der Waals surface area contributed by atoms with Crippen LogP contribution in [0.3, 0.4) is 0 Å². The second-order valence-corrected chi connectivity index (χ2v) is 7.02. The van der Waals surface area contributed by atoms with Crippen LogP contribution in [0.5, 0.6) is 0 Å². The van der Waals surface area contributed by atoms with E-state index in [9.17, 15) is 4.79 Å². The van der Waals surface area contributed by atoms with E-state index in [1.165, 1.54) is 0 Å². The Bertz CT molecular complexity index is 976. The normalized spacial score (nSPS) is 16.5. The topological polar surface area (TPSA) is 71.3 Å². The first kappa shape index (κ1) is 20.3. The SMILES string of the molecule is CC1CN(C(=O)c2ccccc2-c2nc(-c3cccc(Cl)c3)no2)CCN1.Cl. The van der Waals surface area contributed by atoms with Gasteiger partial charge in [0, 0.05) is 36.3 Å². The molecule has 2 aromatic carbocycles. The third-order valence-electron chi connectivity index (χ3n) is 4.55. The van der Waals surface area contributed by atoms with E-state index in [1.54, 1.807) is 18.2 Å². The zero-order valence-electron chi connectivity index (χ0n) is 15.3. The van der Waals surface area contributed by atoms with Crippen molar-refractivity contribution in [3.63, 3.8) is 0 Å². The van der Waals surface area contributed by atoms with Gasteiger partial charge in [-0.15, -0.1) is 12.4 Å². The van der Waals surface area contributed by atoms with Crippen LogP contribution >= 0.6 is 24.0 Å². The van der Waals surface area contributed by atoms with Gasteiger partial charge in [0.1, 0.15) is 0 Å². The summed E-state index contributed by atoms with van der Waals surface area (Å²) in [5, 5.41) is 7.99. The van der Waals surface area contributed by atoms with Gasteiger partial charge in [-0.2, -0.15) is 4.98 Å². The molecule has 0 bridgehead atoms. The first-order valence-corrected chi connectivity index (χ1v) is 9.21. The minimum atomic E-state index is -0.0264. The molecular weight excluding hydrogens is 399 g/mol. The number of hydrogen-bond acceptors (Lipinski definition) is 5. The smallest absolute Gasteiger partial charge is 0.259 e. The Kier molecular flexibility index (Phi) is 6.34. The van der Waals surface area contributed by atoms with Crippen LogP contribution in [0.15, 0.2) is 53.1 Å². The number of amides is 1. The summed E-state index contributed by atoms with van der Waals surface area (Å²) in [6, 6.07) is 14.8. The number of nitrogens with one attached hydrogen (secondary N) is 1. The Morgan fingerprint density at radius 3 is 2.86 bits per heavy atom. The Morgan fingerprint density at radius 1 is 1.25 bits per heavy atom. The summed E-state index contributed by atoms with van der Waals surface area (Å²) in [6.07, 6.45) is 0. The van der Waals surface area contributed by atoms with E-state index in [0.29, 0.717) is 41.0 Å². The van der Waals surface area contributed by atoms with Gasteiger partial charge >= 0.3 is 0 Å². The van der Waals surface area contributed by atoms with Crippen LogP contribution in [-0.2, 0) is 0 Å². The van der Waals surface area contributed by atoms with Gasteiger partial charge in [-0.25, -0.2) is 0 Å². The minimum Gasteiger partial charge on any atom is -0.336 e. The average molecular weight is 419 g/mol. The molecule has 0 saturated carbocycles. The molecule has 0 radical (unpaired) electrons. The van der Waals surface area contributed by atoms with Crippen LogP contribution in [0.1, 0.15) is 17.3 Å². The molecule has 146 valence electrons. The van der Waals surface area contributed by atoms with Gasteiger partial charge in [-0.05, 0) is 31.2 Å². The number of hydrogen-bond donors (Lipinski definition) is 1. The van der Waals surface area contributed by atoms with Crippen molar-refractivity contribution in [1.29, 1.82) is 0 Å². The van der Waals surface area contributed by atoms with Crippen molar-refractivity contribution in [3.8, 4) is 22.8 Å². The van der Waals surface area contributed by atoms with Gasteiger partial charge in [-0.3, -0.25) is 4.79 Å². The van der Waals surface area contributed by atoms with Crippen LogP contribution in [-0.4, -0.2) is 46.6 Å². The van der Waals surface area contributed by atoms with Crippen molar-refractivity contribution in [2.24, 2.45) is 0 Å². The lowest BCUT2D eigenvalue weighted by atomic mass is 10.1. The Labute approximate surface area is 174 Å². The Balaban J connectivity index is 0.00000225. The summed E-state index contributed by atoms with van der Waals surface area (Å²) in [6.45, 7) is 4.20. The second-order valence-electron chi connectivity index (χ2n) is 6.59. The molecule has 1 amide bonds. The molecule has 28 heavy (non-hydrogen) atoms. The Morgan fingerprint density at radius 2 is 2.07 bits per heavy atom. The zero-order chi connectivity index (χ0) is 18.8. The second kappa shape index (κ2) is 8.73. The molecule has 2 heterocycles. The molecule has 1 aromatic heterocycles. The van der Waals surface area contributed by atoms with Crippen molar-refractivity contribution in [1.82, 2.24) is 20.4 Å². The summed E-state index contributed by atoms with van der Waals surface area (Å²) in [4.78, 5) is 19.4. The molecular formula is C20H20Cl2N4O2. The highest BCUT2D eigenvalue weighted by molar-refractivity contribution is 6.30. The maximum atomic E-state index is 13.1. The predicted molar refractivity (Wildman–Crippen MR) is 111 cm³/mol. The lowest BCUT2D eigenvalue weighted by Gasteiger charge is -2.32. The fourth-order valence-electron chi connectivity index (χ4n) is 3.22. The molecule has 8 heteroatoms. The largest absolute Gasteiger partial charge is 0.336 e. The molecule has 1 unspecified atom stereocenters. The van der Waals surface area contributed by atoms with Crippen LogP contribution in [0.2, 0.25) is 5.02 Å². The molecule has 6 nitrogen and oxygen atoms in total. The molecule has 0 aliphatic carbocycles. The molecule has 3 aromatic rings. The van der Waals surface area contributed by atoms with E-state index in [-0.39, 0.29) is 24.4 Å². The summed E-state index contributed by atoms with van der Waals surface area (Å²) >= 11 is 6.04. The maximum absolute atomic E-state index is 13.1. The van der Waals surface area contributed by atoms with E-state index in [1.807, 2.05) is 35.2 Å². The lowest BCUT2D eigenvalue weighted by Crippen LogP contribution is -2.51. The number of carbonyl (C=O) groups excluding carboxylic acids is 1. The lowest BCUT2D eigenvalue weighted by molar-refractivity contribution is 0.0709. The molecule has 1 N–H and O–H groups in total. The highest BCUT2D eigenvalue weighted by Gasteiger charge is 2.25. The van der Waals surface area contributed by atoms with E-state index in [0.717, 1.165) is 12.1 Å². The highest BCUT2D eigenvalue weighted by Crippen LogP contribution is 2.27. The molecule has 4 rings (SSSR count). The summed E-state index contributed by atoms with van der Waals surface area (Å²) in [5.74, 6) is 0.726. The quantitative estimate of drug-likeness (QED) is 0.697. The van der Waals surface area contributed by atoms with E-state index < -0.39 is 0 Å². The zero-order valence-corrected chi connectivity index (χ0v) is 16.8. The number of halogens is 2. The molecule has 1 saturated heterocycles. The number of carbonyl (C=O) groups is 1. The standard InChI is InChI=1S/C20H19ClN4O2.ClH/c1-13-12-25(10-9-22-13)20(26)17-8-3-2-7-16(17)19-23-18(24-27-19)14-5-4-6-15(21)11-14;/h2-8,11,13,22H,9-10,12H2,1H3;1H. The van der Waals surface area contributed by atoms with Crippen molar-refractivity contribution in [2.75, 3.05) is 19.6 Å². The van der Waals surface area contributed by atoms with Gasteiger partial charge in [0.25, 0.3) is 11.8 Å². The third kappa shape index (κ3) is 4.19. The van der Waals surface area contributed by atoms with Crippen LogP contribution < -0.4 is 5.32 Å². The maximum Gasteiger partial charge on any atom is 0.259 e. The number of piperazine rings is 1. The first-order valence-electron chi connectivity index (χ1n) is 8.83. The minimum absolute atomic E-state index is 0. The first-order chi connectivity index (χ1) is 13.1. The van der Waals surface area contributed by atoms with Gasteiger partial charge in [0.15, 0.2) is 0 Å². The number of benzene rings is 2. The monoisotopic (exact) mass is 418 g/mol. The number of rotatable bonds is 3. The van der Waals surface area contributed by atoms with Crippen LogP contribution in [0.4, 0.5) is 0 Å². The number of nitrogens with zero attached hydrogens (tertiary/aromatic N) is 3. The van der Waals surface area contributed by atoms with Crippen molar-refractivity contribution < 1.29 is 9.32 Å². The highest BCUT2D eigenvalue weighted by atomic mass is 35.5. The van der Waals surface area contributed by atoms with Gasteiger partial charge in [-0.1, -0.05) is 41.0 Å². The van der Waals surface area contributed by atoms with Crippen molar-refractivity contribution in [2.45, 2.75) is 13.0 Å². The molecule has 1 fully saturated rings. The fraction of sp³-hybridized carbons (Fsp3) is 0.250. The molecule has 0 spiro atoms. The average Bonchev–Trinajstić information content (AvgIpc) is 3.17. The summed E-state index contributed by atoms with van der Waals surface area (Å²) < 4.78 is 5.46. The van der Waals surface area contributed by atoms with Crippen LogP contribution in [0.25, 0.3) is 22.8 Å². The van der Waals surface area contributed by atoms with Gasteiger partial charge in [0.05, 0.1) is 11.1 Å². The van der Waals surface area contributed by atoms with Crippen molar-refractivity contribution >= 4 is 29.9 Å². The molecule has 1 atom stereocenters. The predicted octanol–water partition coefficient (Wildman–Crippen LogP) is 3.91. The van der Waals surface area contributed by atoms with Gasteiger partial charge in [0.2, 0.25) is 5.82 Å². The third-order valence-corrected chi connectivity index (χ3v) is 4.79. The molecule has 1 aliphatic rings. The van der Waals surface area contributed by atoms with Gasteiger partial charge < -0.3 is 14.7 Å². The summed E-state index contributed by atoms with van der Waals surface area (Å²) in [5.41, 5.74) is 1.96. The van der Waals surface area contributed by atoms with E-state index in [2.05, 4.69) is 22.4 Å². The van der Waals surface area contributed by atoms with E-state index in [4.69, 9.17) is 16.1 Å². The van der Waals surface area contributed by atoms with Crippen molar-refractivity contribution in [3.05, 3.63) is 59.1 Å². The fourth-order valence-corrected chi connectivity index (χ4v) is 3.41. The molecule has 1 aliphatic heterocycles. The van der Waals surface area contributed by atoms with E-state index >= 15 is 0 Å². The van der Waals surface area contributed by atoms with Crippen LogP contribution in [0, 0.1) is 0 Å².